The second-order valence-electron chi connectivity index (χ2n) is 3.50. The van der Waals surface area contributed by atoms with Gasteiger partial charge < -0.3 is 16.6 Å². The van der Waals surface area contributed by atoms with E-state index in [1.165, 1.54) is 13.8 Å². The first-order valence-corrected chi connectivity index (χ1v) is 4.19. The van der Waals surface area contributed by atoms with Crippen molar-refractivity contribution in [1.82, 2.24) is 0 Å². The van der Waals surface area contributed by atoms with Crippen molar-refractivity contribution in [1.29, 1.82) is 0 Å². The van der Waals surface area contributed by atoms with Crippen LogP contribution in [0.3, 0.4) is 0 Å². The van der Waals surface area contributed by atoms with Crippen molar-refractivity contribution in [3.63, 3.8) is 0 Å². The lowest BCUT2D eigenvalue weighted by Crippen LogP contribution is -2.59. The molecule has 5 heteroatoms. The van der Waals surface area contributed by atoms with Crippen LogP contribution < -0.4 is 11.5 Å². The zero-order valence-corrected chi connectivity index (χ0v) is 8.41. The molecule has 2 unspecified atom stereocenters. The van der Waals surface area contributed by atoms with E-state index in [2.05, 4.69) is 6.58 Å². The fraction of sp³-hybridized carbons (Fsp3) is 0.556. The van der Waals surface area contributed by atoms with E-state index in [0.29, 0.717) is 0 Å². The molecule has 0 radical (unpaired) electrons. The second kappa shape index (κ2) is 4.34. The van der Waals surface area contributed by atoms with Gasteiger partial charge in [0.2, 0.25) is 5.91 Å². The Labute approximate surface area is 82.8 Å². The molecule has 80 valence electrons. The number of amides is 1. The minimum atomic E-state index is -1.85. The van der Waals surface area contributed by atoms with Gasteiger partial charge in [0.15, 0.2) is 11.3 Å². The molecule has 5 nitrogen and oxygen atoms in total. The number of aliphatic hydroxyl groups is 1. The summed E-state index contributed by atoms with van der Waals surface area (Å²) in [4.78, 5) is 22.5. The van der Waals surface area contributed by atoms with E-state index in [4.69, 9.17) is 16.6 Å². The molecule has 0 saturated heterocycles. The van der Waals surface area contributed by atoms with Crippen molar-refractivity contribution in [3.8, 4) is 0 Å². The van der Waals surface area contributed by atoms with Crippen LogP contribution in [0, 0.1) is 0 Å². The third kappa shape index (κ3) is 2.65. The number of Topliss-reactive ketones (excluding diaryl/α,β-unsaturated/α-hetero) is 1. The van der Waals surface area contributed by atoms with Gasteiger partial charge in [-0.25, -0.2) is 0 Å². The second-order valence-corrected chi connectivity index (χ2v) is 3.50. The van der Waals surface area contributed by atoms with Crippen molar-refractivity contribution in [2.45, 2.75) is 31.9 Å². The molecule has 0 aliphatic heterocycles. The normalized spacial score (nSPS) is 16.9. The number of carbonyl (C=O) groups excluding carboxylic acids is 2. The van der Waals surface area contributed by atoms with Gasteiger partial charge in [-0.2, -0.15) is 0 Å². The Bertz CT molecular complexity index is 273. The Balaban J connectivity index is 5.00. The van der Waals surface area contributed by atoms with Crippen molar-refractivity contribution in [3.05, 3.63) is 12.2 Å². The summed E-state index contributed by atoms with van der Waals surface area (Å²) in [6.07, 6.45) is -1.08. The first kappa shape index (κ1) is 12.8. The van der Waals surface area contributed by atoms with Crippen LogP contribution in [0.1, 0.15) is 20.3 Å². The summed E-state index contributed by atoms with van der Waals surface area (Å²) < 4.78 is 0. The quantitative estimate of drug-likeness (QED) is 0.394. The van der Waals surface area contributed by atoms with Crippen LogP contribution in [0.15, 0.2) is 12.2 Å². The van der Waals surface area contributed by atoms with E-state index >= 15 is 0 Å². The molecule has 2 atom stereocenters. The van der Waals surface area contributed by atoms with Crippen molar-refractivity contribution in [2.24, 2.45) is 11.5 Å². The molecule has 5 N–H and O–H groups in total. The number of rotatable bonds is 5. The van der Waals surface area contributed by atoms with Gasteiger partial charge in [0.25, 0.3) is 0 Å². The molecule has 0 heterocycles. The van der Waals surface area contributed by atoms with Gasteiger partial charge in [-0.3, -0.25) is 9.59 Å². The minimum absolute atomic E-state index is 0.145. The van der Waals surface area contributed by atoms with Crippen LogP contribution in [0.4, 0.5) is 0 Å². The van der Waals surface area contributed by atoms with E-state index in [-0.39, 0.29) is 12.0 Å². The Morgan fingerprint density at radius 2 is 2.00 bits per heavy atom. The van der Waals surface area contributed by atoms with Crippen LogP contribution in [-0.4, -0.2) is 28.4 Å². The number of hydrogen-bond donors (Lipinski definition) is 3. The predicted octanol–water partition coefficient (Wildman–Crippen LogP) is -0.915. The molecular formula is C9H16N2O3. The highest BCUT2D eigenvalue weighted by Gasteiger charge is 2.41. The topological polar surface area (TPSA) is 106 Å². The zero-order valence-electron chi connectivity index (χ0n) is 8.41. The molecule has 1 amide bonds. The number of carbonyl (C=O) groups is 2. The van der Waals surface area contributed by atoms with Gasteiger partial charge >= 0.3 is 0 Å². The van der Waals surface area contributed by atoms with Gasteiger partial charge in [0.05, 0.1) is 6.10 Å². The van der Waals surface area contributed by atoms with Crippen LogP contribution in [0.2, 0.25) is 0 Å². The maximum absolute atomic E-state index is 11.5. The molecule has 0 aromatic carbocycles. The largest absolute Gasteiger partial charge is 0.393 e. The smallest absolute Gasteiger partial charge is 0.245 e. The SMILES string of the molecule is C=C(C)C(=O)C(N)(CC(C)O)C(N)=O. The van der Waals surface area contributed by atoms with Crippen molar-refractivity contribution >= 4 is 11.7 Å². The number of aliphatic hydroxyl groups excluding tert-OH is 1. The summed E-state index contributed by atoms with van der Waals surface area (Å²) in [5.41, 5.74) is 8.86. The highest BCUT2D eigenvalue weighted by atomic mass is 16.3. The number of primary amides is 1. The summed E-state index contributed by atoms with van der Waals surface area (Å²) in [7, 11) is 0. The van der Waals surface area contributed by atoms with Crippen molar-refractivity contribution < 1.29 is 14.7 Å². The van der Waals surface area contributed by atoms with Crippen LogP contribution in [-0.2, 0) is 9.59 Å². The monoisotopic (exact) mass is 200 g/mol. The summed E-state index contributed by atoms with van der Waals surface area (Å²) in [6.45, 7) is 6.26. The van der Waals surface area contributed by atoms with E-state index in [0.717, 1.165) is 0 Å². The van der Waals surface area contributed by atoms with Crippen LogP contribution >= 0.6 is 0 Å². The average molecular weight is 200 g/mol. The summed E-state index contributed by atoms with van der Waals surface area (Å²) in [5, 5.41) is 9.10. The Morgan fingerprint density at radius 1 is 1.57 bits per heavy atom. The van der Waals surface area contributed by atoms with E-state index in [1.807, 2.05) is 0 Å². The lowest BCUT2D eigenvalue weighted by atomic mass is 9.85. The molecule has 0 spiro atoms. The summed E-state index contributed by atoms with van der Waals surface area (Å²) in [5.74, 6) is -1.59. The maximum atomic E-state index is 11.5. The third-order valence-electron chi connectivity index (χ3n) is 1.85. The van der Waals surface area contributed by atoms with Crippen molar-refractivity contribution in [2.75, 3.05) is 0 Å². The predicted molar refractivity (Wildman–Crippen MR) is 52.2 cm³/mol. The number of hydrogen-bond acceptors (Lipinski definition) is 4. The maximum Gasteiger partial charge on any atom is 0.245 e. The highest BCUT2D eigenvalue weighted by Crippen LogP contribution is 2.15. The summed E-state index contributed by atoms with van der Waals surface area (Å²) in [6, 6.07) is 0. The molecule has 0 aromatic heterocycles. The van der Waals surface area contributed by atoms with Crippen LogP contribution in [0.25, 0.3) is 0 Å². The van der Waals surface area contributed by atoms with E-state index < -0.39 is 23.3 Å². The minimum Gasteiger partial charge on any atom is -0.393 e. The molecule has 0 aliphatic rings. The van der Waals surface area contributed by atoms with Gasteiger partial charge in [-0.1, -0.05) is 6.58 Å². The van der Waals surface area contributed by atoms with Gasteiger partial charge in [-0.05, 0) is 19.4 Å². The molecule has 0 rings (SSSR count). The molecular weight excluding hydrogens is 184 g/mol. The van der Waals surface area contributed by atoms with Crippen LogP contribution in [0.5, 0.6) is 0 Å². The molecule has 0 aliphatic carbocycles. The molecule has 0 saturated carbocycles. The molecule has 14 heavy (non-hydrogen) atoms. The standard InChI is InChI=1S/C9H16N2O3/c1-5(2)7(13)9(11,8(10)14)4-6(3)12/h6,12H,1,4,11H2,2-3H3,(H2,10,14). The number of nitrogens with two attached hydrogens (primary N) is 2. The summed E-state index contributed by atoms with van der Waals surface area (Å²) >= 11 is 0. The zero-order chi connectivity index (χ0) is 11.5. The lowest BCUT2D eigenvalue weighted by Gasteiger charge is -2.25. The first-order valence-electron chi connectivity index (χ1n) is 4.19. The Morgan fingerprint density at radius 3 is 2.21 bits per heavy atom. The lowest BCUT2D eigenvalue weighted by molar-refractivity contribution is -0.133. The fourth-order valence-corrected chi connectivity index (χ4v) is 1.15. The molecule has 0 bridgehead atoms. The average Bonchev–Trinajstić information content (AvgIpc) is 2.00. The Hall–Kier alpha value is -1.20. The molecule has 0 fully saturated rings. The van der Waals surface area contributed by atoms with E-state index in [1.54, 1.807) is 0 Å². The van der Waals surface area contributed by atoms with Gasteiger partial charge in [0, 0.05) is 6.42 Å². The van der Waals surface area contributed by atoms with E-state index in [9.17, 15) is 9.59 Å². The highest BCUT2D eigenvalue weighted by molar-refractivity contribution is 6.16. The third-order valence-corrected chi connectivity index (χ3v) is 1.85. The molecule has 0 aromatic rings. The first-order chi connectivity index (χ1) is 6.21. The fourth-order valence-electron chi connectivity index (χ4n) is 1.15. The van der Waals surface area contributed by atoms with Gasteiger partial charge in [-0.15, -0.1) is 0 Å². The Kier molecular flexibility index (Phi) is 3.97. The van der Waals surface area contributed by atoms with Gasteiger partial charge in [0.1, 0.15) is 0 Å². The number of ketones is 1.